The zero-order valence-electron chi connectivity index (χ0n) is 14.4. The number of rotatable bonds is 4. The SMILES string of the molecule is CCOC(=O)[C@@]1(CC)C[C@H]2CC[C@@H]1N2C(=O)c1ccc(=O)n(C)c1. The van der Waals surface area contributed by atoms with Gasteiger partial charge >= 0.3 is 5.97 Å². The minimum Gasteiger partial charge on any atom is -0.466 e. The van der Waals surface area contributed by atoms with Crippen LogP contribution in [0.5, 0.6) is 0 Å². The van der Waals surface area contributed by atoms with Gasteiger partial charge in [-0.3, -0.25) is 14.4 Å². The normalized spacial score (nSPS) is 28.2. The number of carbonyl (C=O) groups is 2. The number of ether oxygens (including phenoxy) is 1. The third kappa shape index (κ3) is 2.36. The van der Waals surface area contributed by atoms with Crippen molar-refractivity contribution in [2.24, 2.45) is 12.5 Å². The van der Waals surface area contributed by atoms with Crippen LogP contribution in [-0.2, 0) is 16.6 Å². The topological polar surface area (TPSA) is 68.6 Å². The smallest absolute Gasteiger partial charge is 0.314 e. The predicted molar refractivity (Wildman–Crippen MR) is 88.6 cm³/mol. The monoisotopic (exact) mass is 332 g/mol. The van der Waals surface area contributed by atoms with Gasteiger partial charge in [0.1, 0.15) is 0 Å². The van der Waals surface area contributed by atoms with Gasteiger partial charge in [0.15, 0.2) is 0 Å². The van der Waals surface area contributed by atoms with Gasteiger partial charge in [0.2, 0.25) is 5.56 Å². The van der Waals surface area contributed by atoms with E-state index < -0.39 is 5.41 Å². The van der Waals surface area contributed by atoms with Crippen LogP contribution in [0.25, 0.3) is 0 Å². The van der Waals surface area contributed by atoms with E-state index in [-0.39, 0.29) is 29.5 Å². The Morgan fingerprint density at radius 1 is 1.29 bits per heavy atom. The Labute approximate surface area is 141 Å². The minimum atomic E-state index is -0.588. The summed E-state index contributed by atoms with van der Waals surface area (Å²) in [5, 5.41) is 0. The Hall–Kier alpha value is -2.11. The van der Waals surface area contributed by atoms with Gasteiger partial charge in [-0.05, 0) is 38.7 Å². The van der Waals surface area contributed by atoms with Crippen LogP contribution in [-0.4, -0.2) is 40.0 Å². The lowest BCUT2D eigenvalue weighted by atomic mass is 9.72. The summed E-state index contributed by atoms with van der Waals surface area (Å²) in [4.78, 5) is 39.0. The van der Waals surface area contributed by atoms with Gasteiger partial charge < -0.3 is 14.2 Å². The fourth-order valence-corrected chi connectivity index (χ4v) is 4.38. The second-order valence-electron chi connectivity index (χ2n) is 6.76. The van der Waals surface area contributed by atoms with E-state index in [1.807, 2.05) is 18.7 Å². The molecule has 0 aliphatic carbocycles. The van der Waals surface area contributed by atoms with Gasteiger partial charge in [-0.25, -0.2) is 0 Å². The molecule has 1 aromatic heterocycles. The van der Waals surface area contributed by atoms with Gasteiger partial charge in [0.25, 0.3) is 5.91 Å². The van der Waals surface area contributed by atoms with Crippen LogP contribution in [0.1, 0.15) is 49.9 Å². The van der Waals surface area contributed by atoms with Crippen molar-refractivity contribution in [2.75, 3.05) is 6.61 Å². The molecule has 0 radical (unpaired) electrons. The van der Waals surface area contributed by atoms with Gasteiger partial charge in [0, 0.05) is 31.4 Å². The van der Waals surface area contributed by atoms with E-state index in [2.05, 4.69) is 0 Å². The van der Waals surface area contributed by atoms with E-state index in [4.69, 9.17) is 4.74 Å². The van der Waals surface area contributed by atoms with Crippen LogP contribution in [0.4, 0.5) is 0 Å². The number of aromatic nitrogens is 1. The third-order valence-corrected chi connectivity index (χ3v) is 5.62. The molecular formula is C18H24N2O4. The number of carbonyl (C=O) groups excluding carboxylic acids is 2. The fourth-order valence-electron chi connectivity index (χ4n) is 4.38. The highest BCUT2D eigenvalue weighted by Crippen LogP contribution is 2.52. The highest BCUT2D eigenvalue weighted by molar-refractivity contribution is 5.96. The second-order valence-corrected chi connectivity index (χ2v) is 6.76. The molecule has 0 N–H and O–H groups in total. The second kappa shape index (κ2) is 6.07. The molecule has 2 fully saturated rings. The van der Waals surface area contributed by atoms with Crippen molar-refractivity contribution in [2.45, 2.75) is 51.6 Å². The molecule has 24 heavy (non-hydrogen) atoms. The fraction of sp³-hybridized carbons (Fsp3) is 0.611. The summed E-state index contributed by atoms with van der Waals surface area (Å²) in [5.74, 6) is -0.282. The average molecular weight is 332 g/mol. The van der Waals surface area contributed by atoms with Crippen LogP contribution in [0.2, 0.25) is 0 Å². The van der Waals surface area contributed by atoms with Gasteiger partial charge in [-0.2, -0.15) is 0 Å². The van der Waals surface area contributed by atoms with Crippen LogP contribution >= 0.6 is 0 Å². The maximum atomic E-state index is 13.0. The molecule has 130 valence electrons. The quantitative estimate of drug-likeness (QED) is 0.787. The number of fused-ring (bicyclic) bond motifs is 2. The molecule has 2 saturated heterocycles. The first-order valence-electron chi connectivity index (χ1n) is 8.61. The van der Waals surface area contributed by atoms with E-state index in [1.54, 1.807) is 19.3 Å². The molecule has 2 aliphatic rings. The summed E-state index contributed by atoms with van der Waals surface area (Å²) in [5.41, 5.74) is -0.245. The van der Waals surface area contributed by atoms with Crippen LogP contribution in [0.15, 0.2) is 23.1 Å². The molecule has 3 rings (SSSR count). The van der Waals surface area contributed by atoms with E-state index >= 15 is 0 Å². The zero-order valence-corrected chi connectivity index (χ0v) is 14.4. The number of pyridine rings is 1. The highest BCUT2D eigenvalue weighted by atomic mass is 16.5. The molecule has 6 heteroatoms. The Morgan fingerprint density at radius 2 is 2.04 bits per heavy atom. The molecule has 1 aromatic rings. The van der Waals surface area contributed by atoms with Crippen LogP contribution < -0.4 is 5.56 Å². The number of esters is 1. The number of hydrogen-bond donors (Lipinski definition) is 0. The molecule has 2 aliphatic heterocycles. The van der Waals surface area contributed by atoms with Crippen molar-refractivity contribution in [3.05, 3.63) is 34.2 Å². The average Bonchev–Trinajstić information content (AvgIpc) is 3.13. The van der Waals surface area contributed by atoms with Crippen molar-refractivity contribution in [3.63, 3.8) is 0 Å². The maximum absolute atomic E-state index is 13.0. The summed E-state index contributed by atoms with van der Waals surface area (Å²) in [7, 11) is 1.63. The molecule has 0 aromatic carbocycles. The first-order valence-corrected chi connectivity index (χ1v) is 8.61. The summed E-state index contributed by atoms with van der Waals surface area (Å²) in [6.45, 7) is 4.15. The molecule has 3 atom stereocenters. The molecule has 0 saturated carbocycles. The molecule has 2 bridgehead atoms. The van der Waals surface area contributed by atoms with Crippen molar-refractivity contribution in [1.29, 1.82) is 0 Å². The molecule has 6 nitrogen and oxygen atoms in total. The van der Waals surface area contributed by atoms with Gasteiger partial charge in [0.05, 0.1) is 17.6 Å². The largest absolute Gasteiger partial charge is 0.466 e. The standard InChI is InChI=1S/C18H24N2O4/c1-4-18(17(23)24-5-2)10-13-7-8-14(18)20(13)16(22)12-6-9-15(21)19(3)11-12/h6,9,11,13-14H,4-5,7-8,10H2,1-3H3/t13-,14+,18+/m1/s1. The van der Waals surface area contributed by atoms with E-state index in [1.165, 1.54) is 10.6 Å². The lowest BCUT2D eigenvalue weighted by molar-refractivity contribution is -0.157. The van der Waals surface area contributed by atoms with E-state index in [0.717, 1.165) is 12.8 Å². The van der Waals surface area contributed by atoms with Crippen molar-refractivity contribution < 1.29 is 14.3 Å². The third-order valence-electron chi connectivity index (χ3n) is 5.62. The van der Waals surface area contributed by atoms with Gasteiger partial charge in [-0.1, -0.05) is 6.92 Å². The molecule has 3 heterocycles. The van der Waals surface area contributed by atoms with Crippen molar-refractivity contribution >= 4 is 11.9 Å². The lowest BCUT2D eigenvalue weighted by Crippen LogP contribution is -2.45. The predicted octanol–water partition coefficient (Wildman–Crippen LogP) is 1.72. The number of amides is 1. The molecule has 1 amide bonds. The summed E-state index contributed by atoms with van der Waals surface area (Å²) >= 11 is 0. The van der Waals surface area contributed by atoms with Crippen LogP contribution in [0.3, 0.4) is 0 Å². The Morgan fingerprint density at radius 3 is 2.67 bits per heavy atom. The minimum absolute atomic E-state index is 0.0732. The van der Waals surface area contributed by atoms with E-state index in [9.17, 15) is 14.4 Å². The summed E-state index contributed by atoms with van der Waals surface area (Å²) in [6.07, 6.45) is 4.66. The molecule has 0 spiro atoms. The highest BCUT2D eigenvalue weighted by Gasteiger charge is 2.61. The molecule has 0 unspecified atom stereocenters. The van der Waals surface area contributed by atoms with E-state index in [0.29, 0.717) is 25.0 Å². The van der Waals surface area contributed by atoms with Crippen molar-refractivity contribution in [1.82, 2.24) is 9.47 Å². The molecular weight excluding hydrogens is 308 g/mol. The van der Waals surface area contributed by atoms with Gasteiger partial charge in [-0.15, -0.1) is 0 Å². The van der Waals surface area contributed by atoms with Crippen molar-refractivity contribution in [3.8, 4) is 0 Å². The lowest BCUT2D eigenvalue weighted by Gasteiger charge is -2.34. The Bertz CT molecular complexity index is 726. The number of aryl methyl sites for hydroxylation is 1. The maximum Gasteiger partial charge on any atom is 0.314 e. The first kappa shape index (κ1) is 16.7. The zero-order chi connectivity index (χ0) is 17.5. The number of hydrogen-bond acceptors (Lipinski definition) is 4. The summed E-state index contributed by atoms with van der Waals surface area (Å²) in [6, 6.07) is 2.93. The van der Waals surface area contributed by atoms with Crippen LogP contribution in [0, 0.1) is 5.41 Å². The number of nitrogens with zero attached hydrogens (tertiary/aromatic N) is 2. The Kier molecular flexibility index (Phi) is 4.24. The Balaban J connectivity index is 1.92. The first-order chi connectivity index (χ1) is 11.4. The summed E-state index contributed by atoms with van der Waals surface area (Å²) < 4.78 is 6.73.